The van der Waals surface area contributed by atoms with Crippen LogP contribution in [0.5, 0.6) is 0 Å². The van der Waals surface area contributed by atoms with E-state index in [2.05, 4.69) is 43.2 Å². The molecule has 5 rings (SSSR count). The maximum absolute atomic E-state index is 12.9. The third-order valence-electron chi connectivity index (χ3n) is 6.06. The van der Waals surface area contributed by atoms with Crippen molar-refractivity contribution in [3.8, 4) is 11.1 Å². The van der Waals surface area contributed by atoms with Crippen LogP contribution in [0, 0.1) is 0 Å². The number of hydrogen-bond acceptors (Lipinski definition) is 6. The normalized spacial score (nSPS) is 14.4. The average Bonchev–Trinajstić information content (AvgIpc) is 2.84. The van der Waals surface area contributed by atoms with Crippen LogP contribution < -0.4 is 11.1 Å². The zero-order valence-electron chi connectivity index (χ0n) is 18.8. The van der Waals surface area contributed by atoms with Crippen molar-refractivity contribution in [2.45, 2.75) is 0 Å². The average molecular weight is 517 g/mol. The van der Waals surface area contributed by atoms with E-state index in [0.29, 0.717) is 11.4 Å². The van der Waals surface area contributed by atoms with Crippen molar-refractivity contribution < 1.29 is 4.79 Å². The van der Waals surface area contributed by atoms with Crippen LogP contribution in [-0.4, -0.2) is 58.9 Å². The van der Waals surface area contributed by atoms with Crippen molar-refractivity contribution in [3.05, 3.63) is 76.8 Å². The number of nitrogens with two attached hydrogens (primary N) is 1. The van der Waals surface area contributed by atoms with Gasteiger partial charge in [0.15, 0.2) is 0 Å². The number of nitrogen functional groups attached to an aromatic ring is 1. The molecule has 1 aliphatic heterocycles. The Bertz CT molecular complexity index is 1350. The van der Waals surface area contributed by atoms with Gasteiger partial charge in [0.05, 0.1) is 5.52 Å². The molecular weight excluding hydrogens is 492 g/mol. The van der Waals surface area contributed by atoms with Gasteiger partial charge in [-0.15, -0.1) is 0 Å². The van der Waals surface area contributed by atoms with Gasteiger partial charge in [-0.2, -0.15) is 4.98 Å². The van der Waals surface area contributed by atoms with Gasteiger partial charge < -0.3 is 20.9 Å². The highest BCUT2D eigenvalue weighted by Crippen LogP contribution is 2.30. The van der Waals surface area contributed by atoms with Crippen LogP contribution in [0.15, 0.2) is 71.2 Å². The Balaban J connectivity index is 1.43. The number of halogens is 1. The number of carbonyl (C=O) groups excluding carboxylic acids is 1. The van der Waals surface area contributed by atoms with Gasteiger partial charge in [0.2, 0.25) is 5.95 Å². The number of rotatable bonds is 4. The van der Waals surface area contributed by atoms with Gasteiger partial charge in [0.1, 0.15) is 5.82 Å². The second-order valence-corrected chi connectivity index (χ2v) is 9.39. The van der Waals surface area contributed by atoms with Gasteiger partial charge in [-0.1, -0.05) is 40.2 Å². The van der Waals surface area contributed by atoms with E-state index in [4.69, 9.17) is 5.73 Å². The number of benzene rings is 3. The van der Waals surface area contributed by atoms with Crippen LogP contribution in [0.25, 0.3) is 22.0 Å². The number of piperazine rings is 1. The van der Waals surface area contributed by atoms with E-state index in [0.717, 1.165) is 58.4 Å². The number of aromatic nitrogens is 2. The molecule has 1 amide bonds. The SMILES string of the molecule is CN1CCN(C(=O)c2ccc(-c3ccc4nc(N)nc(Nc5cccc(Br)c5)c4c3)cc2)CC1. The second kappa shape index (κ2) is 9.40. The van der Waals surface area contributed by atoms with Crippen LogP contribution in [-0.2, 0) is 0 Å². The van der Waals surface area contributed by atoms with Crippen molar-refractivity contribution in [3.63, 3.8) is 0 Å². The standard InChI is InChI=1S/C26H25BrN6O/c1-32-11-13-33(14-12-32)25(34)18-7-5-17(6-8-18)19-9-10-23-22(15-19)24(31-26(28)30-23)29-21-4-2-3-20(27)16-21/h2-10,15-16H,11-14H2,1H3,(H3,28,29,30,31). The maximum Gasteiger partial charge on any atom is 0.253 e. The van der Waals surface area contributed by atoms with E-state index in [1.807, 2.05) is 71.6 Å². The number of nitrogens with zero attached hydrogens (tertiary/aromatic N) is 4. The first kappa shape index (κ1) is 22.3. The Hall–Kier alpha value is -3.49. The van der Waals surface area contributed by atoms with Gasteiger partial charge in [0, 0.05) is 47.3 Å². The summed E-state index contributed by atoms with van der Waals surface area (Å²) < 4.78 is 0.968. The van der Waals surface area contributed by atoms with Crippen molar-refractivity contribution in [1.29, 1.82) is 0 Å². The monoisotopic (exact) mass is 516 g/mol. The number of fused-ring (bicyclic) bond motifs is 1. The molecule has 0 atom stereocenters. The number of amides is 1. The van der Waals surface area contributed by atoms with Crippen molar-refractivity contribution in [2.75, 3.05) is 44.3 Å². The molecule has 1 saturated heterocycles. The first-order chi connectivity index (χ1) is 16.5. The highest BCUT2D eigenvalue weighted by Gasteiger charge is 2.20. The molecular formula is C26H25BrN6O. The molecule has 3 N–H and O–H groups in total. The molecule has 3 aromatic carbocycles. The molecule has 1 fully saturated rings. The van der Waals surface area contributed by atoms with Crippen molar-refractivity contribution >= 4 is 50.2 Å². The summed E-state index contributed by atoms with van der Waals surface area (Å²) in [4.78, 5) is 25.9. The topological polar surface area (TPSA) is 87.4 Å². The Kier molecular flexibility index (Phi) is 6.17. The lowest BCUT2D eigenvalue weighted by molar-refractivity contribution is 0.0664. The highest BCUT2D eigenvalue weighted by molar-refractivity contribution is 9.10. The molecule has 0 unspecified atom stereocenters. The number of nitrogens with one attached hydrogen (secondary N) is 1. The van der Waals surface area contributed by atoms with E-state index in [1.54, 1.807) is 0 Å². The van der Waals surface area contributed by atoms with E-state index >= 15 is 0 Å². The Labute approximate surface area is 206 Å². The minimum atomic E-state index is 0.0857. The molecule has 2 heterocycles. The quantitative estimate of drug-likeness (QED) is 0.406. The van der Waals surface area contributed by atoms with E-state index in [-0.39, 0.29) is 11.9 Å². The van der Waals surface area contributed by atoms with Gasteiger partial charge in [0.25, 0.3) is 5.91 Å². The summed E-state index contributed by atoms with van der Waals surface area (Å²) in [5.41, 5.74) is 10.4. The largest absolute Gasteiger partial charge is 0.368 e. The summed E-state index contributed by atoms with van der Waals surface area (Å²) in [6.07, 6.45) is 0. The summed E-state index contributed by atoms with van der Waals surface area (Å²) in [6, 6.07) is 21.6. The Morgan fingerprint density at radius 1 is 0.941 bits per heavy atom. The molecule has 0 radical (unpaired) electrons. The fourth-order valence-corrected chi connectivity index (χ4v) is 4.52. The molecule has 0 aliphatic carbocycles. The van der Waals surface area contributed by atoms with Crippen molar-refractivity contribution in [1.82, 2.24) is 19.8 Å². The summed E-state index contributed by atoms with van der Waals surface area (Å²) in [7, 11) is 2.08. The summed E-state index contributed by atoms with van der Waals surface area (Å²) in [6.45, 7) is 3.34. The molecule has 0 bridgehead atoms. The molecule has 34 heavy (non-hydrogen) atoms. The van der Waals surface area contributed by atoms with Gasteiger partial charge >= 0.3 is 0 Å². The zero-order valence-corrected chi connectivity index (χ0v) is 20.4. The molecule has 1 aliphatic rings. The molecule has 4 aromatic rings. The first-order valence-electron chi connectivity index (χ1n) is 11.1. The number of hydrogen-bond donors (Lipinski definition) is 2. The second-order valence-electron chi connectivity index (χ2n) is 8.47. The number of likely N-dealkylation sites (N-methyl/N-ethyl adjacent to an activating group) is 1. The highest BCUT2D eigenvalue weighted by atomic mass is 79.9. The Morgan fingerprint density at radius 3 is 2.41 bits per heavy atom. The molecule has 0 spiro atoms. The van der Waals surface area contributed by atoms with Gasteiger partial charge in [-0.05, 0) is 60.6 Å². The number of anilines is 3. The summed E-state index contributed by atoms with van der Waals surface area (Å²) in [5.74, 6) is 0.941. The molecule has 172 valence electrons. The smallest absolute Gasteiger partial charge is 0.253 e. The molecule has 0 saturated carbocycles. The van der Waals surface area contributed by atoms with E-state index in [1.165, 1.54) is 0 Å². The van der Waals surface area contributed by atoms with Crippen LogP contribution in [0.3, 0.4) is 0 Å². The minimum Gasteiger partial charge on any atom is -0.368 e. The number of carbonyl (C=O) groups is 1. The fraction of sp³-hybridized carbons (Fsp3) is 0.192. The third kappa shape index (κ3) is 4.73. The predicted molar refractivity (Wildman–Crippen MR) is 140 cm³/mol. The lowest BCUT2D eigenvalue weighted by Gasteiger charge is -2.32. The predicted octanol–water partition coefficient (Wildman–Crippen LogP) is 4.77. The molecule has 7 nitrogen and oxygen atoms in total. The first-order valence-corrected chi connectivity index (χ1v) is 11.9. The van der Waals surface area contributed by atoms with E-state index in [9.17, 15) is 4.79 Å². The van der Waals surface area contributed by atoms with E-state index < -0.39 is 0 Å². The maximum atomic E-state index is 12.9. The van der Waals surface area contributed by atoms with Crippen LogP contribution >= 0.6 is 15.9 Å². The van der Waals surface area contributed by atoms with Crippen LogP contribution in [0.4, 0.5) is 17.5 Å². The molecule has 1 aromatic heterocycles. The lowest BCUT2D eigenvalue weighted by atomic mass is 10.0. The minimum absolute atomic E-state index is 0.0857. The zero-order chi connectivity index (χ0) is 23.7. The van der Waals surface area contributed by atoms with Crippen molar-refractivity contribution in [2.24, 2.45) is 0 Å². The fourth-order valence-electron chi connectivity index (χ4n) is 4.12. The Morgan fingerprint density at radius 2 is 1.68 bits per heavy atom. The summed E-state index contributed by atoms with van der Waals surface area (Å²) >= 11 is 3.50. The van der Waals surface area contributed by atoms with Gasteiger partial charge in [-0.25, -0.2) is 4.98 Å². The lowest BCUT2D eigenvalue weighted by Crippen LogP contribution is -2.47. The van der Waals surface area contributed by atoms with Crippen LogP contribution in [0.1, 0.15) is 10.4 Å². The van der Waals surface area contributed by atoms with Crippen LogP contribution in [0.2, 0.25) is 0 Å². The molecule has 8 heteroatoms. The summed E-state index contributed by atoms with van der Waals surface area (Å²) in [5, 5.41) is 4.22. The third-order valence-corrected chi connectivity index (χ3v) is 6.55. The van der Waals surface area contributed by atoms with Gasteiger partial charge in [-0.3, -0.25) is 4.79 Å².